The van der Waals surface area contributed by atoms with Gasteiger partial charge >= 0.3 is 0 Å². The van der Waals surface area contributed by atoms with Crippen LogP contribution in [0.3, 0.4) is 0 Å². The number of pyridine rings is 1. The molecule has 0 aliphatic carbocycles. The lowest BCUT2D eigenvalue weighted by molar-refractivity contribution is 0.432. The van der Waals surface area contributed by atoms with E-state index >= 15 is 0 Å². The van der Waals surface area contributed by atoms with Crippen molar-refractivity contribution in [1.29, 1.82) is 0 Å². The summed E-state index contributed by atoms with van der Waals surface area (Å²) in [7, 11) is 0. The van der Waals surface area contributed by atoms with Gasteiger partial charge in [-0.1, -0.05) is 23.4 Å². The van der Waals surface area contributed by atoms with Crippen LogP contribution in [0.1, 0.15) is 16.7 Å². The van der Waals surface area contributed by atoms with E-state index in [9.17, 15) is 0 Å². The Labute approximate surface area is 122 Å². The first-order valence-electron chi connectivity index (χ1n) is 6.74. The van der Waals surface area contributed by atoms with Crippen LogP contribution in [-0.4, -0.2) is 15.1 Å². The summed E-state index contributed by atoms with van der Waals surface area (Å²) in [6.07, 6.45) is 1.80. The van der Waals surface area contributed by atoms with E-state index in [0.717, 1.165) is 27.9 Å². The molecule has 0 fully saturated rings. The van der Waals surface area contributed by atoms with Gasteiger partial charge in [-0.25, -0.2) is 0 Å². The third kappa shape index (κ3) is 2.68. The maximum atomic E-state index is 5.65. The number of aromatic nitrogens is 3. The van der Waals surface area contributed by atoms with Crippen LogP contribution < -0.4 is 5.73 Å². The Hall–Kier alpha value is -2.53. The Kier molecular flexibility index (Phi) is 3.50. The molecule has 0 atom stereocenters. The molecule has 0 bridgehead atoms. The highest BCUT2D eigenvalue weighted by atomic mass is 16.5. The van der Waals surface area contributed by atoms with Crippen molar-refractivity contribution in [3.05, 3.63) is 53.2 Å². The molecule has 21 heavy (non-hydrogen) atoms. The van der Waals surface area contributed by atoms with E-state index in [1.807, 2.05) is 44.2 Å². The molecule has 0 amide bonds. The van der Waals surface area contributed by atoms with Gasteiger partial charge in [0.05, 0.1) is 0 Å². The van der Waals surface area contributed by atoms with Crippen molar-refractivity contribution in [2.24, 2.45) is 5.73 Å². The van der Waals surface area contributed by atoms with Gasteiger partial charge in [0.25, 0.3) is 5.89 Å². The van der Waals surface area contributed by atoms with Gasteiger partial charge in [0.15, 0.2) is 0 Å². The molecule has 1 aromatic carbocycles. The van der Waals surface area contributed by atoms with Crippen molar-refractivity contribution >= 4 is 0 Å². The second-order valence-electron chi connectivity index (χ2n) is 5.01. The Morgan fingerprint density at radius 2 is 2.05 bits per heavy atom. The summed E-state index contributed by atoms with van der Waals surface area (Å²) in [6.45, 7) is 4.47. The van der Waals surface area contributed by atoms with E-state index in [2.05, 4.69) is 15.1 Å². The third-order valence-electron chi connectivity index (χ3n) is 3.26. The highest BCUT2D eigenvalue weighted by molar-refractivity contribution is 5.60. The van der Waals surface area contributed by atoms with Gasteiger partial charge in [0.1, 0.15) is 5.69 Å². The van der Waals surface area contributed by atoms with Crippen molar-refractivity contribution in [2.45, 2.75) is 20.4 Å². The van der Waals surface area contributed by atoms with Gasteiger partial charge < -0.3 is 10.3 Å². The first-order valence-corrected chi connectivity index (χ1v) is 6.74. The summed E-state index contributed by atoms with van der Waals surface area (Å²) in [5, 5.41) is 4.03. The quantitative estimate of drug-likeness (QED) is 0.798. The van der Waals surface area contributed by atoms with E-state index < -0.39 is 0 Å². The smallest absolute Gasteiger partial charge is 0.258 e. The van der Waals surface area contributed by atoms with Gasteiger partial charge in [-0.3, -0.25) is 4.98 Å². The fourth-order valence-corrected chi connectivity index (χ4v) is 2.22. The van der Waals surface area contributed by atoms with Gasteiger partial charge in [0.2, 0.25) is 5.82 Å². The largest absolute Gasteiger partial charge is 0.334 e. The zero-order chi connectivity index (χ0) is 14.8. The van der Waals surface area contributed by atoms with E-state index in [-0.39, 0.29) is 0 Å². The number of aryl methyl sites for hydroxylation is 2. The van der Waals surface area contributed by atoms with Crippen LogP contribution in [0.5, 0.6) is 0 Å². The SMILES string of the molecule is Cc1cnc(-c2noc(-c3cccc(CN)c3)n2)c(C)c1. The second-order valence-corrected chi connectivity index (χ2v) is 5.01. The van der Waals surface area contributed by atoms with Crippen LogP contribution in [0.4, 0.5) is 0 Å². The zero-order valence-electron chi connectivity index (χ0n) is 12.0. The molecule has 0 saturated carbocycles. The summed E-state index contributed by atoms with van der Waals surface area (Å²) in [6, 6.07) is 9.81. The van der Waals surface area contributed by atoms with Crippen molar-refractivity contribution in [3.63, 3.8) is 0 Å². The lowest BCUT2D eigenvalue weighted by Gasteiger charge is -2.00. The van der Waals surface area contributed by atoms with E-state index in [0.29, 0.717) is 18.3 Å². The van der Waals surface area contributed by atoms with E-state index in [4.69, 9.17) is 10.3 Å². The fourth-order valence-electron chi connectivity index (χ4n) is 2.22. The minimum Gasteiger partial charge on any atom is -0.334 e. The molecule has 3 rings (SSSR count). The molecule has 0 aliphatic heterocycles. The van der Waals surface area contributed by atoms with Crippen LogP contribution in [-0.2, 0) is 6.54 Å². The summed E-state index contributed by atoms with van der Waals surface area (Å²) < 4.78 is 5.35. The topological polar surface area (TPSA) is 77.8 Å². The summed E-state index contributed by atoms with van der Waals surface area (Å²) in [5.41, 5.74) is 10.4. The van der Waals surface area contributed by atoms with E-state index in [1.165, 1.54) is 0 Å². The highest BCUT2D eigenvalue weighted by Gasteiger charge is 2.13. The highest BCUT2D eigenvalue weighted by Crippen LogP contribution is 2.23. The average molecular weight is 280 g/mol. The summed E-state index contributed by atoms with van der Waals surface area (Å²) in [5.74, 6) is 0.975. The molecule has 0 radical (unpaired) electrons. The molecule has 0 aliphatic rings. The molecular weight excluding hydrogens is 264 g/mol. The lowest BCUT2D eigenvalue weighted by atomic mass is 10.1. The molecule has 0 saturated heterocycles. The third-order valence-corrected chi connectivity index (χ3v) is 3.26. The van der Waals surface area contributed by atoms with E-state index in [1.54, 1.807) is 6.20 Å². The van der Waals surface area contributed by atoms with Crippen molar-refractivity contribution in [2.75, 3.05) is 0 Å². The molecule has 2 N–H and O–H groups in total. The monoisotopic (exact) mass is 280 g/mol. The molecule has 5 nitrogen and oxygen atoms in total. The number of rotatable bonds is 3. The van der Waals surface area contributed by atoms with Gasteiger partial charge in [-0.15, -0.1) is 0 Å². The Bertz CT molecular complexity index is 779. The van der Waals surface area contributed by atoms with Crippen LogP contribution >= 0.6 is 0 Å². The molecular formula is C16H16N4O. The van der Waals surface area contributed by atoms with Crippen LogP contribution in [0, 0.1) is 13.8 Å². The molecule has 3 aromatic rings. The predicted molar refractivity (Wildman–Crippen MR) is 80.3 cm³/mol. The van der Waals surface area contributed by atoms with Gasteiger partial charge in [0, 0.05) is 18.3 Å². The maximum absolute atomic E-state index is 5.65. The zero-order valence-corrected chi connectivity index (χ0v) is 12.0. The number of hydrogen-bond donors (Lipinski definition) is 1. The summed E-state index contributed by atoms with van der Waals surface area (Å²) >= 11 is 0. The number of hydrogen-bond acceptors (Lipinski definition) is 5. The van der Waals surface area contributed by atoms with Crippen LogP contribution in [0.2, 0.25) is 0 Å². The van der Waals surface area contributed by atoms with Crippen molar-refractivity contribution in [1.82, 2.24) is 15.1 Å². The molecule has 2 aromatic heterocycles. The Morgan fingerprint density at radius 3 is 2.81 bits per heavy atom. The maximum Gasteiger partial charge on any atom is 0.258 e. The van der Waals surface area contributed by atoms with Crippen LogP contribution in [0.25, 0.3) is 23.0 Å². The predicted octanol–water partition coefficient (Wildman–Crippen LogP) is 2.87. The number of nitrogens with zero attached hydrogens (tertiary/aromatic N) is 3. The minimum absolute atomic E-state index is 0.474. The summed E-state index contributed by atoms with van der Waals surface area (Å²) in [4.78, 5) is 8.82. The number of nitrogens with two attached hydrogens (primary N) is 1. The van der Waals surface area contributed by atoms with Crippen molar-refractivity contribution < 1.29 is 4.52 Å². The normalized spacial score (nSPS) is 10.8. The molecule has 2 heterocycles. The first-order chi connectivity index (χ1) is 10.2. The Balaban J connectivity index is 1.99. The fraction of sp³-hybridized carbons (Fsp3) is 0.188. The second kappa shape index (κ2) is 5.46. The Morgan fingerprint density at radius 1 is 1.19 bits per heavy atom. The van der Waals surface area contributed by atoms with Crippen molar-refractivity contribution in [3.8, 4) is 23.0 Å². The molecule has 0 unspecified atom stereocenters. The molecule has 106 valence electrons. The minimum atomic E-state index is 0.474. The number of benzene rings is 1. The molecule has 5 heteroatoms. The van der Waals surface area contributed by atoms with Gasteiger partial charge in [-0.05, 0) is 42.7 Å². The first kappa shape index (κ1) is 13.5. The average Bonchev–Trinajstić information content (AvgIpc) is 2.97. The van der Waals surface area contributed by atoms with Gasteiger partial charge in [-0.2, -0.15) is 4.98 Å². The standard InChI is InChI=1S/C16H16N4O/c1-10-6-11(2)14(18-9-10)15-19-16(21-20-15)13-5-3-4-12(7-13)8-17/h3-7,9H,8,17H2,1-2H3. The molecule has 0 spiro atoms. The van der Waals surface area contributed by atoms with Crippen LogP contribution in [0.15, 0.2) is 41.1 Å². The lowest BCUT2D eigenvalue weighted by Crippen LogP contribution is -1.95.